The van der Waals surface area contributed by atoms with Crippen LogP contribution in [0.3, 0.4) is 0 Å². The Morgan fingerprint density at radius 3 is 2.71 bits per heavy atom. The van der Waals surface area contributed by atoms with Crippen LogP contribution in [0, 0.1) is 12.3 Å². The van der Waals surface area contributed by atoms with E-state index in [-0.39, 0.29) is 5.41 Å². The summed E-state index contributed by atoms with van der Waals surface area (Å²) in [5, 5.41) is 0. The Morgan fingerprint density at radius 2 is 2.21 bits per heavy atom. The van der Waals surface area contributed by atoms with Crippen molar-refractivity contribution in [3.05, 3.63) is 28.2 Å². The van der Waals surface area contributed by atoms with Gasteiger partial charge < -0.3 is 4.74 Å². The third kappa shape index (κ3) is 1.42. The van der Waals surface area contributed by atoms with Gasteiger partial charge in [0.2, 0.25) is 0 Å². The van der Waals surface area contributed by atoms with Gasteiger partial charge in [0.1, 0.15) is 5.75 Å². The minimum atomic E-state index is -0.00597. The molecule has 0 amide bonds. The Balaban J connectivity index is 2.42. The van der Waals surface area contributed by atoms with Gasteiger partial charge >= 0.3 is 0 Å². The molecule has 1 nitrogen and oxygen atoms in total. The van der Waals surface area contributed by atoms with Crippen LogP contribution in [-0.4, -0.2) is 7.11 Å². The van der Waals surface area contributed by atoms with Crippen LogP contribution in [0.2, 0.25) is 0 Å². The summed E-state index contributed by atoms with van der Waals surface area (Å²) in [7, 11) is 1.67. The molecule has 1 aromatic rings. The van der Waals surface area contributed by atoms with Crippen LogP contribution in [0.25, 0.3) is 0 Å². The summed E-state index contributed by atoms with van der Waals surface area (Å²) in [5.74, 6) is 3.72. The van der Waals surface area contributed by atoms with Crippen LogP contribution in [0.4, 0.5) is 0 Å². The van der Waals surface area contributed by atoms with Crippen LogP contribution < -0.4 is 4.74 Å². The minimum absolute atomic E-state index is 0.00597. The molecule has 0 saturated heterocycles. The lowest BCUT2D eigenvalue weighted by atomic mass is 9.97. The van der Waals surface area contributed by atoms with Gasteiger partial charge in [0, 0.05) is 0 Å². The molecule has 0 unspecified atom stereocenters. The average molecular weight is 251 g/mol. The van der Waals surface area contributed by atoms with E-state index in [1.165, 1.54) is 5.56 Å². The highest BCUT2D eigenvalue weighted by Gasteiger charge is 2.42. The molecule has 0 spiro atoms. The largest absolute Gasteiger partial charge is 0.496 e. The summed E-state index contributed by atoms with van der Waals surface area (Å²) in [4.78, 5) is 0. The fourth-order valence-electron chi connectivity index (χ4n) is 1.60. The quantitative estimate of drug-likeness (QED) is 0.734. The van der Waals surface area contributed by atoms with Crippen LogP contribution in [-0.2, 0) is 5.41 Å². The Hall–Kier alpha value is -0.940. The number of rotatable bonds is 2. The number of methoxy groups -OCH3 is 1. The van der Waals surface area contributed by atoms with Crippen molar-refractivity contribution in [1.29, 1.82) is 0 Å². The van der Waals surface area contributed by atoms with E-state index < -0.39 is 0 Å². The summed E-state index contributed by atoms with van der Waals surface area (Å²) in [5.41, 5.74) is 1.19. The highest BCUT2D eigenvalue weighted by molar-refractivity contribution is 9.10. The van der Waals surface area contributed by atoms with E-state index in [0.717, 1.165) is 23.1 Å². The minimum Gasteiger partial charge on any atom is -0.496 e. The molecule has 0 atom stereocenters. The van der Waals surface area contributed by atoms with Gasteiger partial charge in [-0.25, -0.2) is 0 Å². The topological polar surface area (TPSA) is 9.23 Å². The van der Waals surface area contributed by atoms with Crippen LogP contribution in [0.1, 0.15) is 18.4 Å². The lowest BCUT2D eigenvalue weighted by Crippen LogP contribution is -2.02. The number of terminal acetylenes is 1. The normalized spacial score (nSPS) is 17.2. The van der Waals surface area contributed by atoms with Crippen molar-refractivity contribution in [3.63, 3.8) is 0 Å². The number of halogens is 1. The van der Waals surface area contributed by atoms with Gasteiger partial charge in [0.15, 0.2) is 0 Å². The van der Waals surface area contributed by atoms with Gasteiger partial charge in [-0.2, -0.15) is 0 Å². The van der Waals surface area contributed by atoms with Crippen LogP contribution >= 0.6 is 15.9 Å². The molecular formula is C12H11BrO. The predicted molar refractivity (Wildman–Crippen MR) is 60.4 cm³/mol. The maximum Gasteiger partial charge on any atom is 0.133 e. The molecule has 0 heterocycles. The molecule has 0 aromatic heterocycles. The monoisotopic (exact) mass is 250 g/mol. The first kappa shape index (κ1) is 9.61. The summed E-state index contributed by atoms with van der Waals surface area (Å²) < 4.78 is 6.21. The van der Waals surface area contributed by atoms with Crippen LogP contribution in [0.5, 0.6) is 5.75 Å². The Kier molecular flexibility index (Phi) is 2.28. The second-order valence-corrected chi connectivity index (χ2v) is 4.43. The molecular weight excluding hydrogens is 240 g/mol. The summed E-state index contributed by atoms with van der Waals surface area (Å²) in [6.45, 7) is 0. The van der Waals surface area contributed by atoms with Crippen molar-refractivity contribution in [2.45, 2.75) is 18.3 Å². The highest BCUT2D eigenvalue weighted by atomic mass is 79.9. The molecule has 1 saturated carbocycles. The van der Waals surface area contributed by atoms with Gasteiger partial charge in [-0.05, 0) is 46.5 Å². The first-order valence-electron chi connectivity index (χ1n) is 4.54. The van der Waals surface area contributed by atoms with E-state index in [0.29, 0.717) is 0 Å². The molecule has 0 radical (unpaired) electrons. The van der Waals surface area contributed by atoms with Crippen molar-refractivity contribution in [2.24, 2.45) is 0 Å². The SMILES string of the molecule is C#CC1(c2ccc(Br)c(OC)c2)CC1. The van der Waals surface area contributed by atoms with Crippen molar-refractivity contribution >= 4 is 15.9 Å². The van der Waals surface area contributed by atoms with Gasteiger partial charge in [-0.15, -0.1) is 6.42 Å². The lowest BCUT2D eigenvalue weighted by Gasteiger charge is -2.10. The number of ether oxygens (including phenoxy) is 1. The number of hydrogen-bond donors (Lipinski definition) is 0. The molecule has 72 valence electrons. The molecule has 0 bridgehead atoms. The first-order valence-corrected chi connectivity index (χ1v) is 5.33. The van der Waals surface area contributed by atoms with Crippen molar-refractivity contribution in [3.8, 4) is 18.1 Å². The molecule has 2 rings (SSSR count). The van der Waals surface area contributed by atoms with Crippen molar-refractivity contribution in [1.82, 2.24) is 0 Å². The Morgan fingerprint density at radius 1 is 1.50 bits per heavy atom. The van der Waals surface area contributed by atoms with Gasteiger partial charge in [-0.1, -0.05) is 12.0 Å². The van der Waals surface area contributed by atoms with E-state index in [1.807, 2.05) is 12.1 Å². The third-order valence-electron chi connectivity index (χ3n) is 2.73. The molecule has 0 aliphatic heterocycles. The highest BCUT2D eigenvalue weighted by Crippen LogP contribution is 2.48. The third-order valence-corrected chi connectivity index (χ3v) is 3.39. The maximum absolute atomic E-state index is 5.53. The Bertz CT molecular complexity index is 399. The molecule has 1 aromatic carbocycles. The molecule has 1 fully saturated rings. The fourth-order valence-corrected chi connectivity index (χ4v) is 2.01. The van der Waals surface area contributed by atoms with E-state index >= 15 is 0 Å². The number of benzene rings is 1. The van der Waals surface area contributed by atoms with E-state index in [1.54, 1.807) is 7.11 Å². The summed E-state index contributed by atoms with van der Waals surface area (Å²) >= 11 is 3.42. The molecule has 2 heteroatoms. The molecule has 1 aliphatic carbocycles. The van der Waals surface area contributed by atoms with Crippen molar-refractivity contribution in [2.75, 3.05) is 7.11 Å². The zero-order valence-electron chi connectivity index (χ0n) is 8.01. The zero-order chi connectivity index (χ0) is 10.2. The van der Waals surface area contributed by atoms with Crippen LogP contribution in [0.15, 0.2) is 22.7 Å². The van der Waals surface area contributed by atoms with Gasteiger partial charge in [0.05, 0.1) is 17.0 Å². The maximum atomic E-state index is 5.53. The molecule has 0 N–H and O–H groups in total. The zero-order valence-corrected chi connectivity index (χ0v) is 9.60. The summed E-state index contributed by atoms with van der Waals surface area (Å²) in [6, 6.07) is 6.09. The molecule has 1 aliphatic rings. The second-order valence-electron chi connectivity index (χ2n) is 3.58. The van der Waals surface area contributed by atoms with E-state index in [4.69, 9.17) is 11.2 Å². The summed E-state index contributed by atoms with van der Waals surface area (Å²) in [6.07, 6.45) is 7.71. The fraction of sp³-hybridized carbons (Fsp3) is 0.333. The second kappa shape index (κ2) is 3.33. The lowest BCUT2D eigenvalue weighted by molar-refractivity contribution is 0.411. The molecule has 14 heavy (non-hydrogen) atoms. The first-order chi connectivity index (χ1) is 6.72. The standard InChI is InChI=1S/C12H11BrO/c1-3-12(6-7-12)9-4-5-10(13)11(8-9)14-2/h1,4-5,8H,6-7H2,2H3. The van der Waals surface area contributed by atoms with E-state index in [9.17, 15) is 0 Å². The average Bonchev–Trinajstić information content (AvgIpc) is 2.99. The van der Waals surface area contributed by atoms with E-state index in [2.05, 4.69) is 27.9 Å². The van der Waals surface area contributed by atoms with Crippen molar-refractivity contribution < 1.29 is 4.74 Å². The predicted octanol–water partition coefficient (Wildman–Crippen LogP) is 3.12. The number of hydrogen-bond acceptors (Lipinski definition) is 1. The van der Waals surface area contributed by atoms with Gasteiger partial charge in [-0.3, -0.25) is 0 Å². The Labute approximate surface area is 92.6 Å². The van der Waals surface area contributed by atoms with Gasteiger partial charge in [0.25, 0.3) is 0 Å². The smallest absolute Gasteiger partial charge is 0.133 e.